The highest BCUT2D eigenvalue weighted by Gasteiger charge is 2.51. The monoisotopic (exact) mass is 587 g/mol. The maximum absolute atomic E-state index is 12.1. The van der Waals surface area contributed by atoms with Gasteiger partial charge in [0.25, 0.3) is 0 Å². The summed E-state index contributed by atoms with van der Waals surface area (Å²) in [5, 5.41) is 0. The molecule has 0 aliphatic heterocycles. The molecule has 0 aromatic rings. The lowest BCUT2D eigenvalue weighted by atomic mass is 10.3. The lowest BCUT2D eigenvalue weighted by molar-refractivity contribution is -0.116. The Kier molecular flexibility index (Phi) is 13.6. The summed E-state index contributed by atoms with van der Waals surface area (Å²) < 4.78 is 39.1. The number of amides is 1. The van der Waals surface area contributed by atoms with Crippen LogP contribution in [-0.4, -0.2) is 69.6 Å². The third kappa shape index (κ3) is 17.1. The Balaban J connectivity index is 5.94. The molecule has 0 aromatic carbocycles. The minimum Gasteiger partial charge on any atom is -0.437 e. The van der Waals surface area contributed by atoms with Crippen molar-refractivity contribution in [3.8, 4) is 0 Å². The zero-order valence-electron chi connectivity index (χ0n) is 24.2. The van der Waals surface area contributed by atoms with Crippen molar-refractivity contribution in [3.63, 3.8) is 0 Å². The Hall–Kier alpha value is 0.531. The van der Waals surface area contributed by atoms with Crippen molar-refractivity contribution in [2.24, 2.45) is 5.73 Å². The molecule has 14 heteroatoms. The van der Waals surface area contributed by atoms with Gasteiger partial charge in [0.1, 0.15) is 0 Å². The Morgan fingerprint density at radius 3 is 1.47 bits per heavy atom. The summed E-state index contributed by atoms with van der Waals surface area (Å²) in [6.45, 7) is 27.7. The molecule has 2 unspecified atom stereocenters. The SMILES string of the molecule is CCCCCOC[Si](C)(O[Si](C)(C)O[Si](C)(C)C)O[Si](C)(CC(N)=O)O[Si](C)(C)O[Si](C)(C)C. The fourth-order valence-electron chi connectivity index (χ4n) is 4.21. The van der Waals surface area contributed by atoms with E-state index in [-0.39, 0.29) is 6.04 Å². The minimum atomic E-state index is -3.10. The van der Waals surface area contributed by atoms with E-state index in [2.05, 4.69) is 59.3 Å². The Labute approximate surface area is 215 Å². The van der Waals surface area contributed by atoms with E-state index in [1.165, 1.54) is 0 Å². The van der Waals surface area contributed by atoms with Crippen LogP contribution in [0.3, 0.4) is 0 Å². The number of hydrogen-bond acceptors (Lipinski definition) is 7. The number of nitrogens with two attached hydrogens (primary N) is 1. The molecule has 0 bridgehead atoms. The van der Waals surface area contributed by atoms with E-state index < -0.39 is 56.8 Å². The van der Waals surface area contributed by atoms with Crippen LogP contribution >= 0.6 is 0 Å². The molecule has 204 valence electrons. The van der Waals surface area contributed by atoms with Gasteiger partial charge >= 0.3 is 34.2 Å². The molecule has 0 rings (SSSR count). The zero-order chi connectivity index (χ0) is 27.1. The molecule has 0 saturated heterocycles. The van der Waals surface area contributed by atoms with Gasteiger partial charge in [-0.3, -0.25) is 4.79 Å². The van der Waals surface area contributed by atoms with Gasteiger partial charge in [-0.2, -0.15) is 0 Å². The summed E-state index contributed by atoms with van der Waals surface area (Å²) >= 11 is 0. The van der Waals surface area contributed by atoms with Gasteiger partial charge in [0, 0.05) is 6.61 Å². The zero-order valence-corrected chi connectivity index (χ0v) is 30.2. The summed E-state index contributed by atoms with van der Waals surface area (Å²) in [5.74, 6) is -0.443. The molecule has 0 aromatic heterocycles. The predicted octanol–water partition coefficient (Wildman–Crippen LogP) is 5.52. The Morgan fingerprint density at radius 1 is 0.647 bits per heavy atom. The first kappa shape index (κ1) is 34.5. The first-order valence-corrected chi connectivity index (χ1v) is 29.9. The summed E-state index contributed by atoms with van der Waals surface area (Å²) in [6.07, 6.45) is 3.58. The fourth-order valence-corrected chi connectivity index (χ4v) is 32.3. The van der Waals surface area contributed by atoms with E-state index in [0.717, 1.165) is 19.3 Å². The largest absolute Gasteiger partial charge is 0.437 e. The van der Waals surface area contributed by atoms with Crippen molar-refractivity contribution in [1.82, 2.24) is 0 Å². The van der Waals surface area contributed by atoms with Gasteiger partial charge in [0.05, 0.1) is 12.3 Å². The Morgan fingerprint density at radius 2 is 1.09 bits per heavy atom. The van der Waals surface area contributed by atoms with Crippen molar-refractivity contribution >= 4 is 56.8 Å². The van der Waals surface area contributed by atoms with Gasteiger partial charge < -0.3 is 31.0 Å². The van der Waals surface area contributed by atoms with Crippen molar-refractivity contribution in [2.75, 3.05) is 12.8 Å². The van der Waals surface area contributed by atoms with Crippen LogP contribution in [0, 0.1) is 0 Å². The molecule has 8 nitrogen and oxygen atoms in total. The molecule has 2 atom stereocenters. The molecule has 2 N–H and O–H groups in total. The van der Waals surface area contributed by atoms with Gasteiger partial charge in [-0.1, -0.05) is 19.8 Å². The van der Waals surface area contributed by atoms with Crippen LogP contribution in [0.2, 0.25) is 84.6 Å². The van der Waals surface area contributed by atoms with E-state index >= 15 is 0 Å². The molecule has 0 radical (unpaired) electrons. The van der Waals surface area contributed by atoms with Crippen LogP contribution in [0.25, 0.3) is 0 Å². The molecule has 0 heterocycles. The number of ether oxygens (including phenoxy) is 1. The third-order valence-electron chi connectivity index (χ3n) is 4.21. The second-order valence-corrected chi connectivity index (χ2v) is 35.5. The first-order chi connectivity index (χ1) is 15.0. The number of primary amides is 1. The lowest BCUT2D eigenvalue weighted by Gasteiger charge is -2.44. The van der Waals surface area contributed by atoms with Gasteiger partial charge in [0.15, 0.2) is 16.6 Å². The fraction of sp³-hybridized carbons (Fsp3) is 0.950. The highest BCUT2D eigenvalue weighted by molar-refractivity contribution is 6.92. The van der Waals surface area contributed by atoms with Crippen LogP contribution < -0.4 is 5.73 Å². The van der Waals surface area contributed by atoms with Crippen LogP contribution in [0.5, 0.6) is 0 Å². The number of hydrogen-bond donors (Lipinski definition) is 1. The van der Waals surface area contributed by atoms with Crippen molar-refractivity contribution in [3.05, 3.63) is 0 Å². The summed E-state index contributed by atoms with van der Waals surface area (Å²) in [5.41, 5.74) is 5.66. The normalized spacial score (nSPS) is 17.3. The highest BCUT2D eigenvalue weighted by Crippen LogP contribution is 2.29. The summed E-state index contributed by atoms with van der Waals surface area (Å²) in [4.78, 5) is 12.1. The first-order valence-electron chi connectivity index (χ1n) is 12.4. The molecular weight excluding hydrogens is 535 g/mol. The highest BCUT2D eigenvalue weighted by atomic mass is 28.5. The third-order valence-corrected chi connectivity index (χ3v) is 25.6. The van der Waals surface area contributed by atoms with Crippen LogP contribution in [0.4, 0.5) is 0 Å². The number of unbranched alkanes of at least 4 members (excludes halogenated alkanes) is 2. The van der Waals surface area contributed by atoms with Crippen molar-refractivity contribution in [1.29, 1.82) is 0 Å². The second kappa shape index (κ2) is 13.4. The molecule has 0 aliphatic carbocycles. The standard InChI is InChI=1S/C20H53NO7Si6/c1-14-15-16-17-23-19-34(13,27-32(10,11)25-30(5,6)7)28-33(12,18-20(21)22)26-31(8,9)24-29(2,3)4/h14-19H2,1-13H3,(H2,21,22). The quantitative estimate of drug-likeness (QED) is 0.167. The van der Waals surface area contributed by atoms with E-state index in [1.54, 1.807) is 0 Å². The molecular formula is C20H53NO7Si6. The number of carbonyl (C=O) groups excluding carboxylic acids is 1. The Bertz CT molecular complexity index is 642. The smallest absolute Gasteiger partial charge is 0.344 e. The molecule has 34 heavy (non-hydrogen) atoms. The number of carbonyl (C=O) groups is 1. The average molecular weight is 588 g/mol. The van der Waals surface area contributed by atoms with E-state index in [1.807, 2.05) is 26.2 Å². The van der Waals surface area contributed by atoms with E-state index in [4.69, 9.17) is 31.0 Å². The molecule has 0 spiro atoms. The predicted molar refractivity (Wildman–Crippen MR) is 155 cm³/mol. The van der Waals surface area contributed by atoms with Crippen LogP contribution in [0.15, 0.2) is 0 Å². The second-order valence-electron chi connectivity index (χ2n) is 12.2. The maximum atomic E-state index is 12.1. The summed E-state index contributed by atoms with van der Waals surface area (Å²) in [7, 11) is -14.9. The van der Waals surface area contributed by atoms with Crippen molar-refractivity contribution < 1.29 is 30.1 Å². The molecule has 0 fully saturated rings. The molecule has 0 saturated carbocycles. The van der Waals surface area contributed by atoms with Crippen molar-refractivity contribution in [2.45, 2.75) is 111 Å². The summed E-state index contributed by atoms with van der Waals surface area (Å²) in [6, 6.07) is 0.0388. The van der Waals surface area contributed by atoms with Gasteiger partial charge in [-0.25, -0.2) is 0 Å². The van der Waals surface area contributed by atoms with E-state index in [0.29, 0.717) is 12.8 Å². The van der Waals surface area contributed by atoms with Crippen LogP contribution in [-0.2, 0) is 30.1 Å². The topological polar surface area (TPSA) is 98.5 Å². The lowest BCUT2D eigenvalue weighted by Crippen LogP contribution is -2.64. The number of rotatable bonds is 18. The van der Waals surface area contributed by atoms with Crippen LogP contribution in [0.1, 0.15) is 26.2 Å². The van der Waals surface area contributed by atoms with Gasteiger partial charge in [0.2, 0.25) is 5.91 Å². The van der Waals surface area contributed by atoms with Gasteiger partial charge in [-0.05, 0) is 85.0 Å². The van der Waals surface area contributed by atoms with E-state index in [9.17, 15) is 4.79 Å². The maximum Gasteiger partial charge on any atom is 0.344 e. The molecule has 0 aliphatic rings. The minimum absolute atomic E-state index is 0.0388. The average Bonchev–Trinajstić information content (AvgIpc) is 2.46. The van der Waals surface area contributed by atoms with Gasteiger partial charge in [-0.15, -0.1) is 0 Å². The molecule has 1 amide bonds.